The number of rotatable bonds is 4. The van der Waals surface area contributed by atoms with Crippen LogP contribution in [0.3, 0.4) is 0 Å². The van der Waals surface area contributed by atoms with Crippen molar-refractivity contribution in [3.8, 4) is 0 Å². The molecule has 0 aromatic heterocycles. The fourth-order valence-corrected chi connectivity index (χ4v) is 3.98. The summed E-state index contributed by atoms with van der Waals surface area (Å²) in [4.78, 5) is 22.8. The van der Waals surface area contributed by atoms with E-state index >= 15 is 0 Å². The number of nitro groups is 1. The number of nitro benzene ring substituents is 1. The number of fused-ring (bicyclic) bond motifs is 3. The van der Waals surface area contributed by atoms with E-state index in [2.05, 4.69) is 5.32 Å². The Balaban J connectivity index is 1.71. The van der Waals surface area contributed by atoms with Gasteiger partial charge in [-0.05, 0) is 37.1 Å². The summed E-state index contributed by atoms with van der Waals surface area (Å²) in [5.74, 6) is -0.215. The Morgan fingerprint density at radius 2 is 2.19 bits per heavy atom. The first-order chi connectivity index (χ1) is 13.1. The van der Waals surface area contributed by atoms with Gasteiger partial charge in [0.1, 0.15) is 0 Å². The van der Waals surface area contributed by atoms with Crippen LogP contribution in [0.5, 0.6) is 0 Å². The molecule has 0 saturated carbocycles. The largest absolute Gasteiger partial charge is 0.462 e. The summed E-state index contributed by atoms with van der Waals surface area (Å²) in [6, 6.07) is 12.0. The van der Waals surface area contributed by atoms with E-state index in [0.29, 0.717) is 18.8 Å². The molecule has 2 aromatic carbocycles. The Morgan fingerprint density at radius 1 is 1.33 bits per heavy atom. The third kappa shape index (κ3) is 3.14. The second kappa shape index (κ2) is 7.00. The van der Waals surface area contributed by atoms with E-state index < -0.39 is 0 Å². The standard InChI is InChI=1S/C20H20N2O5/c1-2-26-20(23)13-6-7-17-16(11-13)19-15(8-9-27-19)18(21-17)12-4-3-5-14(10-12)22(24)25/h3-7,10-11,15,18-19,21H,2,8-9H2,1H3/t15-,18+,19-/m1/s1. The number of esters is 1. The number of ether oxygens (including phenoxy) is 2. The zero-order chi connectivity index (χ0) is 19.0. The summed E-state index contributed by atoms with van der Waals surface area (Å²) in [7, 11) is 0. The molecule has 0 bridgehead atoms. The van der Waals surface area contributed by atoms with E-state index in [1.807, 2.05) is 18.2 Å². The number of nitrogens with one attached hydrogen (secondary N) is 1. The van der Waals surface area contributed by atoms with Crippen molar-refractivity contribution >= 4 is 17.3 Å². The molecule has 1 saturated heterocycles. The van der Waals surface area contributed by atoms with Crippen molar-refractivity contribution < 1.29 is 19.2 Å². The molecule has 0 radical (unpaired) electrons. The van der Waals surface area contributed by atoms with Crippen molar-refractivity contribution in [1.82, 2.24) is 0 Å². The predicted octanol–water partition coefficient (Wildman–Crippen LogP) is 4.02. The minimum Gasteiger partial charge on any atom is -0.462 e. The minimum atomic E-state index is -0.380. The molecule has 0 amide bonds. The summed E-state index contributed by atoms with van der Waals surface area (Å²) in [5.41, 5.74) is 3.26. The molecule has 7 heteroatoms. The van der Waals surface area contributed by atoms with Gasteiger partial charge in [0, 0.05) is 35.9 Å². The molecule has 7 nitrogen and oxygen atoms in total. The van der Waals surface area contributed by atoms with Gasteiger partial charge in [0.2, 0.25) is 0 Å². The van der Waals surface area contributed by atoms with Gasteiger partial charge < -0.3 is 14.8 Å². The summed E-state index contributed by atoms with van der Waals surface area (Å²) in [6.07, 6.45) is 0.688. The first-order valence-corrected chi connectivity index (χ1v) is 9.02. The lowest BCUT2D eigenvalue weighted by atomic mass is 9.80. The SMILES string of the molecule is CCOC(=O)c1ccc2c(c1)[C@@H]1OCC[C@@H]1[C@H](c1cccc([N+](=O)[O-])c1)N2. The van der Waals surface area contributed by atoms with Crippen LogP contribution in [0.15, 0.2) is 42.5 Å². The zero-order valence-electron chi connectivity index (χ0n) is 14.9. The quantitative estimate of drug-likeness (QED) is 0.498. The fourth-order valence-electron chi connectivity index (χ4n) is 3.98. The first-order valence-electron chi connectivity index (χ1n) is 9.02. The monoisotopic (exact) mass is 368 g/mol. The van der Waals surface area contributed by atoms with Crippen LogP contribution < -0.4 is 5.32 Å². The van der Waals surface area contributed by atoms with Gasteiger partial charge in [0.15, 0.2) is 0 Å². The smallest absolute Gasteiger partial charge is 0.338 e. The molecular formula is C20H20N2O5. The number of benzene rings is 2. The van der Waals surface area contributed by atoms with Gasteiger partial charge in [-0.15, -0.1) is 0 Å². The minimum absolute atomic E-state index is 0.0771. The molecule has 27 heavy (non-hydrogen) atoms. The van der Waals surface area contributed by atoms with Crippen LogP contribution in [-0.4, -0.2) is 24.1 Å². The Labute approximate surface area is 156 Å². The van der Waals surface area contributed by atoms with E-state index in [1.54, 1.807) is 25.1 Å². The van der Waals surface area contributed by atoms with Gasteiger partial charge in [-0.25, -0.2) is 4.79 Å². The van der Waals surface area contributed by atoms with Crippen LogP contribution in [0.4, 0.5) is 11.4 Å². The maximum atomic E-state index is 12.1. The van der Waals surface area contributed by atoms with Gasteiger partial charge >= 0.3 is 5.97 Å². The van der Waals surface area contributed by atoms with Gasteiger partial charge in [0.05, 0.1) is 29.2 Å². The Morgan fingerprint density at radius 3 is 2.96 bits per heavy atom. The number of non-ortho nitro benzene ring substituents is 1. The molecule has 1 fully saturated rings. The highest BCUT2D eigenvalue weighted by Gasteiger charge is 2.42. The average molecular weight is 368 g/mol. The van der Waals surface area contributed by atoms with E-state index in [4.69, 9.17) is 9.47 Å². The van der Waals surface area contributed by atoms with Crippen LogP contribution in [0.25, 0.3) is 0 Å². The highest BCUT2D eigenvalue weighted by molar-refractivity contribution is 5.90. The molecule has 1 N–H and O–H groups in total. The van der Waals surface area contributed by atoms with E-state index in [1.165, 1.54) is 6.07 Å². The molecule has 0 spiro atoms. The number of anilines is 1. The van der Waals surface area contributed by atoms with Crippen molar-refractivity contribution in [1.29, 1.82) is 0 Å². The maximum absolute atomic E-state index is 12.1. The summed E-state index contributed by atoms with van der Waals surface area (Å²) in [6.45, 7) is 2.72. The highest BCUT2D eigenvalue weighted by Crippen LogP contribution is 2.50. The highest BCUT2D eigenvalue weighted by atomic mass is 16.6. The summed E-state index contributed by atoms with van der Waals surface area (Å²) >= 11 is 0. The molecule has 2 aromatic rings. The number of carbonyl (C=O) groups is 1. The molecule has 0 unspecified atom stereocenters. The van der Waals surface area contributed by atoms with E-state index in [0.717, 1.165) is 23.2 Å². The summed E-state index contributed by atoms with van der Waals surface area (Å²) in [5, 5.41) is 14.6. The second-order valence-corrected chi connectivity index (χ2v) is 6.74. The van der Waals surface area contributed by atoms with Crippen LogP contribution >= 0.6 is 0 Å². The molecule has 4 rings (SSSR count). The van der Waals surface area contributed by atoms with E-state index in [-0.39, 0.29) is 34.6 Å². The number of nitrogens with zero attached hydrogens (tertiary/aromatic N) is 1. The third-order valence-electron chi connectivity index (χ3n) is 5.19. The predicted molar refractivity (Wildman–Crippen MR) is 98.7 cm³/mol. The van der Waals surface area contributed by atoms with Gasteiger partial charge in [-0.1, -0.05) is 12.1 Å². The number of carbonyl (C=O) groups excluding carboxylic acids is 1. The normalized spacial score (nSPS) is 23.1. The fraction of sp³-hybridized carbons (Fsp3) is 0.350. The number of hydrogen-bond donors (Lipinski definition) is 1. The van der Waals surface area contributed by atoms with Crippen LogP contribution in [0, 0.1) is 16.0 Å². The molecule has 2 heterocycles. The van der Waals surface area contributed by atoms with Gasteiger partial charge in [-0.2, -0.15) is 0 Å². The molecule has 2 aliphatic rings. The molecule has 140 valence electrons. The molecule has 0 aliphatic carbocycles. The van der Waals surface area contributed by atoms with Gasteiger partial charge in [-0.3, -0.25) is 10.1 Å². The lowest BCUT2D eigenvalue weighted by Gasteiger charge is -2.36. The van der Waals surface area contributed by atoms with E-state index in [9.17, 15) is 14.9 Å². The van der Waals surface area contributed by atoms with Gasteiger partial charge in [0.25, 0.3) is 5.69 Å². The van der Waals surface area contributed by atoms with Crippen molar-refractivity contribution in [2.75, 3.05) is 18.5 Å². The molecule has 3 atom stereocenters. The van der Waals surface area contributed by atoms with Crippen molar-refractivity contribution in [3.05, 3.63) is 69.3 Å². The average Bonchev–Trinajstić information content (AvgIpc) is 3.17. The molecular weight excluding hydrogens is 348 g/mol. The van der Waals surface area contributed by atoms with Crippen molar-refractivity contribution in [2.24, 2.45) is 5.92 Å². The second-order valence-electron chi connectivity index (χ2n) is 6.74. The first kappa shape index (κ1) is 17.5. The Kier molecular flexibility index (Phi) is 4.53. The summed E-state index contributed by atoms with van der Waals surface area (Å²) < 4.78 is 11.1. The Bertz CT molecular complexity index is 898. The maximum Gasteiger partial charge on any atom is 0.338 e. The topological polar surface area (TPSA) is 90.7 Å². The van der Waals surface area contributed by atoms with Crippen LogP contribution in [-0.2, 0) is 9.47 Å². The zero-order valence-corrected chi connectivity index (χ0v) is 14.9. The van der Waals surface area contributed by atoms with Crippen molar-refractivity contribution in [3.63, 3.8) is 0 Å². The third-order valence-corrected chi connectivity index (χ3v) is 5.19. The van der Waals surface area contributed by atoms with Crippen LogP contribution in [0.2, 0.25) is 0 Å². The lowest BCUT2D eigenvalue weighted by molar-refractivity contribution is -0.384. The lowest BCUT2D eigenvalue weighted by Crippen LogP contribution is -2.29. The molecule has 2 aliphatic heterocycles. The number of hydrogen-bond acceptors (Lipinski definition) is 6. The van der Waals surface area contributed by atoms with Crippen molar-refractivity contribution in [2.45, 2.75) is 25.5 Å². The van der Waals surface area contributed by atoms with Crippen LogP contribution in [0.1, 0.15) is 47.0 Å². The Hall–Kier alpha value is -2.93.